The number of benzene rings is 4. The van der Waals surface area contributed by atoms with Crippen molar-refractivity contribution in [3.8, 4) is 0 Å². The van der Waals surface area contributed by atoms with Crippen LogP contribution in [0.25, 0.3) is 6.08 Å². The van der Waals surface area contributed by atoms with Crippen LogP contribution in [0.15, 0.2) is 102 Å². The molecule has 3 N–H and O–H groups in total. The van der Waals surface area contributed by atoms with E-state index in [-0.39, 0.29) is 17.4 Å². The molecule has 4 aromatic rings. The van der Waals surface area contributed by atoms with Gasteiger partial charge in [0.05, 0.1) is 5.75 Å². The van der Waals surface area contributed by atoms with Crippen LogP contribution in [0.5, 0.6) is 0 Å². The molecule has 4 rings (SSSR count). The van der Waals surface area contributed by atoms with E-state index in [9.17, 15) is 14.4 Å². The van der Waals surface area contributed by atoms with Gasteiger partial charge in [0.15, 0.2) is 0 Å². The number of hydrogen-bond acceptors (Lipinski definition) is 4. The van der Waals surface area contributed by atoms with Gasteiger partial charge in [-0.05, 0) is 91.7 Å². The van der Waals surface area contributed by atoms with Crippen LogP contribution in [0, 0.1) is 13.8 Å². The molecule has 4 aromatic carbocycles. The van der Waals surface area contributed by atoms with Gasteiger partial charge in [-0.15, -0.1) is 11.8 Å². The summed E-state index contributed by atoms with van der Waals surface area (Å²) in [6.45, 7) is 4.03. The van der Waals surface area contributed by atoms with Gasteiger partial charge < -0.3 is 16.0 Å². The van der Waals surface area contributed by atoms with Gasteiger partial charge in [-0.25, -0.2) is 0 Å². The van der Waals surface area contributed by atoms with Crippen molar-refractivity contribution in [2.45, 2.75) is 18.7 Å². The molecule has 6 nitrogen and oxygen atoms in total. The van der Waals surface area contributed by atoms with Crippen LogP contribution >= 0.6 is 35.0 Å². The fourth-order valence-electron chi connectivity index (χ4n) is 3.73. The maximum atomic E-state index is 13.3. The first kappa shape index (κ1) is 29.9. The van der Waals surface area contributed by atoms with E-state index < -0.39 is 11.8 Å². The first-order chi connectivity index (χ1) is 19.7. The highest BCUT2D eigenvalue weighted by molar-refractivity contribution is 8.00. The predicted octanol–water partition coefficient (Wildman–Crippen LogP) is 7.75. The molecule has 0 atom stereocenters. The maximum Gasteiger partial charge on any atom is 0.272 e. The van der Waals surface area contributed by atoms with Gasteiger partial charge in [-0.2, -0.15) is 0 Å². The van der Waals surface area contributed by atoms with Crippen molar-refractivity contribution >= 4 is 70.1 Å². The lowest BCUT2D eigenvalue weighted by Gasteiger charge is -2.13. The molecule has 0 bridgehead atoms. The molecule has 41 heavy (non-hydrogen) atoms. The van der Waals surface area contributed by atoms with Crippen molar-refractivity contribution in [2.75, 3.05) is 16.4 Å². The quantitative estimate of drug-likeness (QED) is 0.135. The third-order valence-electron chi connectivity index (χ3n) is 6.09. The zero-order valence-corrected chi connectivity index (χ0v) is 24.7. The second-order valence-corrected chi connectivity index (χ2v) is 11.0. The molecule has 0 fully saturated rings. The second-order valence-electron chi connectivity index (χ2n) is 9.13. The summed E-state index contributed by atoms with van der Waals surface area (Å²) in [6.07, 6.45) is 1.44. The van der Waals surface area contributed by atoms with E-state index in [2.05, 4.69) is 16.0 Å². The fourth-order valence-corrected chi connectivity index (χ4v) is 4.94. The Morgan fingerprint density at radius 1 is 0.756 bits per heavy atom. The monoisotopic (exact) mass is 603 g/mol. The highest BCUT2D eigenvalue weighted by Gasteiger charge is 2.17. The maximum absolute atomic E-state index is 13.3. The lowest BCUT2D eigenvalue weighted by molar-refractivity contribution is -0.114. The van der Waals surface area contributed by atoms with E-state index in [1.807, 2.05) is 32.0 Å². The minimum absolute atomic E-state index is 0.0321. The third-order valence-corrected chi connectivity index (χ3v) is 7.76. The zero-order valence-electron chi connectivity index (χ0n) is 22.3. The molecular formula is C32H27Cl2N3O3S. The summed E-state index contributed by atoms with van der Waals surface area (Å²) in [5, 5.41) is 9.04. The Labute approximate surface area is 253 Å². The van der Waals surface area contributed by atoms with Crippen molar-refractivity contribution < 1.29 is 14.4 Å². The average molecular weight is 605 g/mol. The van der Waals surface area contributed by atoms with E-state index in [4.69, 9.17) is 23.2 Å². The summed E-state index contributed by atoms with van der Waals surface area (Å²) in [6, 6.07) is 26.4. The first-order valence-corrected chi connectivity index (χ1v) is 14.4. The molecule has 0 radical (unpaired) electrons. The number of hydrogen-bond donors (Lipinski definition) is 3. The minimum atomic E-state index is -0.557. The number of nitrogens with one attached hydrogen (secondary N) is 3. The second kappa shape index (κ2) is 14.0. The van der Waals surface area contributed by atoms with E-state index in [1.54, 1.807) is 72.8 Å². The van der Waals surface area contributed by atoms with Crippen molar-refractivity contribution in [2.24, 2.45) is 0 Å². The summed E-state index contributed by atoms with van der Waals surface area (Å²) >= 11 is 14.0. The van der Waals surface area contributed by atoms with Gasteiger partial charge in [0, 0.05) is 37.4 Å². The molecule has 208 valence electrons. The van der Waals surface area contributed by atoms with Crippen LogP contribution in [0.3, 0.4) is 0 Å². The molecule has 0 aliphatic carbocycles. The zero-order chi connectivity index (χ0) is 29.4. The minimum Gasteiger partial charge on any atom is -0.325 e. The van der Waals surface area contributed by atoms with Crippen molar-refractivity contribution in [1.29, 1.82) is 0 Å². The molecule has 0 aliphatic rings. The average Bonchev–Trinajstić information content (AvgIpc) is 2.96. The number of amides is 3. The van der Waals surface area contributed by atoms with Gasteiger partial charge in [-0.1, -0.05) is 53.5 Å². The number of carbonyl (C=O) groups is 3. The van der Waals surface area contributed by atoms with Crippen LogP contribution in [0.2, 0.25) is 10.0 Å². The molecule has 0 aromatic heterocycles. The number of halogens is 2. The predicted molar refractivity (Wildman–Crippen MR) is 169 cm³/mol. The highest BCUT2D eigenvalue weighted by Crippen LogP contribution is 2.27. The summed E-state index contributed by atoms with van der Waals surface area (Å²) in [7, 11) is 0. The van der Waals surface area contributed by atoms with E-state index >= 15 is 0 Å². The number of rotatable bonds is 9. The van der Waals surface area contributed by atoms with Crippen LogP contribution in [-0.2, 0) is 9.59 Å². The molecule has 0 unspecified atom stereocenters. The van der Waals surface area contributed by atoms with Gasteiger partial charge in [0.1, 0.15) is 5.70 Å². The molecule has 0 heterocycles. The topological polar surface area (TPSA) is 87.3 Å². The smallest absolute Gasteiger partial charge is 0.272 e. The summed E-state index contributed by atoms with van der Waals surface area (Å²) < 4.78 is 0. The number of carbonyl (C=O) groups excluding carboxylic acids is 3. The lowest BCUT2D eigenvalue weighted by Crippen LogP contribution is -2.30. The third kappa shape index (κ3) is 8.47. The van der Waals surface area contributed by atoms with Crippen LogP contribution in [0.4, 0.5) is 11.4 Å². The Balaban J connectivity index is 1.43. The van der Waals surface area contributed by atoms with Gasteiger partial charge >= 0.3 is 0 Å². The summed E-state index contributed by atoms with van der Waals surface area (Å²) in [5.74, 6) is -0.896. The number of thioether (sulfide) groups is 1. The fraction of sp³-hybridized carbons (Fsp3) is 0.0938. The standard InChI is InChI=1S/C32H27Cl2N3O3S/c1-20-11-12-24(17-21(20)2)35-30(38)19-41-25-15-13-23(14-16-25)36-32(40)29(18-26-27(33)9-6-10-28(26)34)37-31(39)22-7-4-3-5-8-22/h3-18H,19H2,1-2H3,(H,35,38)(H,36,40)(H,37,39)/b29-18-. The van der Waals surface area contributed by atoms with E-state index in [0.717, 1.165) is 16.1 Å². The molecule has 0 saturated heterocycles. The van der Waals surface area contributed by atoms with Crippen LogP contribution in [-0.4, -0.2) is 23.5 Å². The molecule has 0 spiro atoms. The van der Waals surface area contributed by atoms with Gasteiger partial charge in [0.25, 0.3) is 11.8 Å². The van der Waals surface area contributed by atoms with Crippen LogP contribution in [0.1, 0.15) is 27.0 Å². The molecule has 0 aliphatic heterocycles. The molecule has 9 heteroatoms. The van der Waals surface area contributed by atoms with Crippen LogP contribution < -0.4 is 16.0 Å². The van der Waals surface area contributed by atoms with Gasteiger partial charge in [-0.3, -0.25) is 14.4 Å². The van der Waals surface area contributed by atoms with Crippen molar-refractivity contribution in [3.63, 3.8) is 0 Å². The normalized spacial score (nSPS) is 11.1. The SMILES string of the molecule is Cc1ccc(NC(=O)CSc2ccc(NC(=O)/C(=C/c3c(Cl)cccc3Cl)NC(=O)c3ccccc3)cc2)cc1C. The Kier molecular flexibility index (Phi) is 10.2. The van der Waals surface area contributed by atoms with Crippen molar-refractivity contribution in [1.82, 2.24) is 5.32 Å². The summed E-state index contributed by atoms with van der Waals surface area (Å²) in [5.41, 5.74) is 4.30. The molecule has 3 amide bonds. The largest absolute Gasteiger partial charge is 0.325 e. The molecule has 0 saturated carbocycles. The Morgan fingerprint density at radius 3 is 2.07 bits per heavy atom. The van der Waals surface area contributed by atoms with Crippen molar-refractivity contribution in [3.05, 3.63) is 129 Å². The Hall–Kier alpha value is -4.04. The summed E-state index contributed by atoms with van der Waals surface area (Å²) in [4.78, 5) is 39.4. The van der Waals surface area contributed by atoms with E-state index in [0.29, 0.717) is 26.9 Å². The first-order valence-electron chi connectivity index (χ1n) is 12.6. The lowest BCUT2D eigenvalue weighted by atomic mass is 10.1. The number of anilines is 2. The molecular weight excluding hydrogens is 577 g/mol. The highest BCUT2D eigenvalue weighted by atomic mass is 35.5. The van der Waals surface area contributed by atoms with Gasteiger partial charge in [0.2, 0.25) is 5.91 Å². The Morgan fingerprint density at radius 2 is 1.41 bits per heavy atom. The number of aryl methyl sites for hydroxylation is 2. The van der Waals surface area contributed by atoms with E-state index in [1.165, 1.54) is 23.4 Å². The Bertz CT molecular complexity index is 1590.